The van der Waals surface area contributed by atoms with Crippen molar-refractivity contribution in [2.75, 3.05) is 18.0 Å². The summed E-state index contributed by atoms with van der Waals surface area (Å²) in [4.78, 5) is 18.7. The second-order valence-electron chi connectivity index (χ2n) is 7.02. The Bertz CT molecular complexity index is 749. The molecule has 0 bridgehead atoms. The van der Waals surface area contributed by atoms with Crippen LogP contribution in [0.4, 0.5) is 5.82 Å². The van der Waals surface area contributed by atoms with E-state index in [4.69, 9.17) is 10.7 Å². The summed E-state index contributed by atoms with van der Waals surface area (Å²) < 4.78 is 0. The van der Waals surface area contributed by atoms with Crippen LogP contribution in [0.25, 0.3) is 10.9 Å². The molecule has 1 saturated heterocycles. The number of nitrogens with two attached hydrogens (primary N) is 1. The van der Waals surface area contributed by atoms with Gasteiger partial charge in [0.2, 0.25) is 0 Å². The van der Waals surface area contributed by atoms with Crippen LogP contribution in [0.5, 0.6) is 0 Å². The Morgan fingerprint density at radius 1 is 1.12 bits per heavy atom. The molecule has 1 aromatic carbocycles. The molecule has 26 heavy (non-hydrogen) atoms. The number of hydrogen-bond acceptors (Lipinski definition) is 4. The van der Waals surface area contributed by atoms with Crippen LogP contribution < -0.4 is 16.0 Å². The van der Waals surface area contributed by atoms with Gasteiger partial charge in [0.25, 0.3) is 5.91 Å². The molecule has 2 aromatic rings. The van der Waals surface area contributed by atoms with E-state index in [1.807, 2.05) is 44.2 Å². The number of carbonyl (C=O) groups is 1. The minimum atomic E-state index is -0.410. The van der Waals surface area contributed by atoms with Crippen LogP contribution in [0.15, 0.2) is 30.3 Å². The molecule has 1 amide bonds. The summed E-state index contributed by atoms with van der Waals surface area (Å²) in [5, 5.41) is 4.71. The number of carbonyl (C=O) groups excluding carboxylic acids is 1. The van der Waals surface area contributed by atoms with Crippen LogP contribution in [-0.2, 0) is 0 Å². The fraction of sp³-hybridized carbons (Fsp3) is 0.524. The lowest BCUT2D eigenvalue weighted by Crippen LogP contribution is -2.61. The van der Waals surface area contributed by atoms with Crippen LogP contribution in [0.3, 0.4) is 0 Å². The number of amides is 1. The maximum atomic E-state index is 11.8. The van der Waals surface area contributed by atoms with E-state index in [1.54, 1.807) is 0 Å². The highest BCUT2D eigenvalue weighted by molar-refractivity contribution is 6.01. The first kappa shape index (κ1) is 18.6. The predicted molar refractivity (Wildman–Crippen MR) is 108 cm³/mol. The zero-order valence-corrected chi connectivity index (χ0v) is 15.9. The smallest absolute Gasteiger partial charge is 0.252 e. The number of fused-ring (bicyclic) bond motifs is 1. The van der Waals surface area contributed by atoms with Crippen molar-refractivity contribution in [3.63, 3.8) is 0 Å². The number of benzene rings is 1. The number of nitrogens with one attached hydrogen (secondary N) is 1. The van der Waals surface area contributed by atoms with E-state index >= 15 is 0 Å². The largest absolute Gasteiger partial charge is 0.365 e. The molecule has 0 unspecified atom stereocenters. The minimum absolute atomic E-state index is 0.410. The Morgan fingerprint density at radius 2 is 1.81 bits per heavy atom. The van der Waals surface area contributed by atoms with Crippen molar-refractivity contribution >= 4 is 22.6 Å². The van der Waals surface area contributed by atoms with E-state index in [9.17, 15) is 4.79 Å². The van der Waals surface area contributed by atoms with Crippen LogP contribution in [0, 0.1) is 0 Å². The number of hydrogen-bond donors (Lipinski definition) is 2. The molecule has 1 saturated carbocycles. The molecule has 2 aliphatic rings. The fourth-order valence-corrected chi connectivity index (χ4v) is 3.89. The molecule has 1 aliphatic heterocycles. The van der Waals surface area contributed by atoms with Gasteiger partial charge in [-0.3, -0.25) is 4.79 Å². The van der Waals surface area contributed by atoms with Crippen molar-refractivity contribution in [3.8, 4) is 0 Å². The van der Waals surface area contributed by atoms with Crippen LogP contribution in [0.1, 0.15) is 56.3 Å². The molecule has 5 heteroatoms. The number of pyridine rings is 1. The summed E-state index contributed by atoms with van der Waals surface area (Å²) in [5.41, 5.74) is 7.01. The second kappa shape index (κ2) is 8.49. The maximum absolute atomic E-state index is 11.8. The molecule has 1 aliphatic carbocycles. The first-order chi connectivity index (χ1) is 12.7. The average molecular weight is 354 g/mol. The van der Waals surface area contributed by atoms with E-state index in [0.717, 1.165) is 29.8 Å². The lowest BCUT2D eigenvalue weighted by Gasteiger charge is -2.43. The van der Waals surface area contributed by atoms with E-state index in [2.05, 4.69) is 10.2 Å². The van der Waals surface area contributed by atoms with Crippen molar-refractivity contribution < 1.29 is 4.79 Å². The summed E-state index contributed by atoms with van der Waals surface area (Å²) >= 11 is 0. The fourth-order valence-electron chi connectivity index (χ4n) is 3.89. The number of para-hydroxylation sites is 1. The van der Waals surface area contributed by atoms with Crippen molar-refractivity contribution in [2.24, 2.45) is 5.73 Å². The van der Waals surface area contributed by atoms with E-state index in [0.29, 0.717) is 17.6 Å². The van der Waals surface area contributed by atoms with Crippen molar-refractivity contribution in [2.45, 2.75) is 58.0 Å². The summed E-state index contributed by atoms with van der Waals surface area (Å²) in [6.07, 6.45) is 6.63. The maximum Gasteiger partial charge on any atom is 0.252 e. The van der Waals surface area contributed by atoms with Gasteiger partial charge in [-0.25, -0.2) is 4.98 Å². The third-order valence-corrected chi connectivity index (χ3v) is 5.23. The highest BCUT2D eigenvalue weighted by Gasteiger charge is 2.32. The van der Waals surface area contributed by atoms with Gasteiger partial charge in [-0.05, 0) is 25.0 Å². The number of anilines is 1. The highest BCUT2D eigenvalue weighted by atomic mass is 16.1. The Morgan fingerprint density at radius 3 is 2.50 bits per heavy atom. The van der Waals surface area contributed by atoms with Gasteiger partial charge in [-0.1, -0.05) is 51.3 Å². The van der Waals surface area contributed by atoms with Crippen LogP contribution in [0.2, 0.25) is 0 Å². The predicted octanol–water partition coefficient (Wildman–Crippen LogP) is 3.47. The number of primary amides is 1. The summed E-state index contributed by atoms with van der Waals surface area (Å²) in [6, 6.07) is 10.9. The first-order valence-corrected chi connectivity index (χ1v) is 9.91. The topological polar surface area (TPSA) is 71.2 Å². The Kier molecular flexibility index (Phi) is 6.09. The van der Waals surface area contributed by atoms with E-state index in [1.165, 1.54) is 32.1 Å². The molecule has 0 radical (unpaired) electrons. The number of nitrogens with zero attached hydrogens (tertiary/aromatic N) is 2. The van der Waals surface area contributed by atoms with E-state index < -0.39 is 5.91 Å². The average Bonchev–Trinajstić information content (AvgIpc) is 2.65. The molecular weight excluding hydrogens is 324 g/mol. The van der Waals surface area contributed by atoms with Crippen molar-refractivity contribution in [1.29, 1.82) is 0 Å². The second-order valence-corrected chi connectivity index (χ2v) is 7.02. The van der Waals surface area contributed by atoms with Crippen LogP contribution >= 0.6 is 0 Å². The van der Waals surface area contributed by atoms with Gasteiger partial charge in [-0.15, -0.1) is 0 Å². The Hall–Kier alpha value is -2.14. The molecule has 1 aromatic heterocycles. The van der Waals surface area contributed by atoms with Gasteiger partial charge in [0.1, 0.15) is 5.82 Å². The van der Waals surface area contributed by atoms with Gasteiger partial charge >= 0.3 is 0 Å². The third-order valence-electron chi connectivity index (χ3n) is 5.23. The summed E-state index contributed by atoms with van der Waals surface area (Å²) in [6.45, 7) is 5.78. The SMILES string of the molecule is CC.NC(=O)c1cc2ccccc2nc1N1CC(NC2CCCCC2)C1. The lowest BCUT2D eigenvalue weighted by atomic mass is 9.94. The lowest BCUT2D eigenvalue weighted by molar-refractivity contribution is 0.1000. The van der Waals surface area contributed by atoms with Gasteiger partial charge in [0, 0.05) is 30.6 Å². The molecule has 0 atom stereocenters. The monoisotopic (exact) mass is 354 g/mol. The summed E-state index contributed by atoms with van der Waals surface area (Å²) in [7, 11) is 0. The minimum Gasteiger partial charge on any atom is -0.365 e. The molecule has 140 valence electrons. The Balaban J connectivity index is 0.000000948. The zero-order chi connectivity index (χ0) is 18.5. The molecule has 3 N–H and O–H groups in total. The van der Waals surface area contributed by atoms with Gasteiger partial charge in [0.05, 0.1) is 11.1 Å². The van der Waals surface area contributed by atoms with E-state index in [-0.39, 0.29) is 0 Å². The molecule has 4 rings (SSSR count). The van der Waals surface area contributed by atoms with Crippen molar-refractivity contribution in [1.82, 2.24) is 10.3 Å². The molecule has 2 heterocycles. The van der Waals surface area contributed by atoms with Crippen molar-refractivity contribution in [3.05, 3.63) is 35.9 Å². The zero-order valence-electron chi connectivity index (χ0n) is 15.9. The van der Waals surface area contributed by atoms with Crippen LogP contribution in [-0.4, -0.2) is 36.1 Å². The molecular formula is C21H30N4O. The quantitative estimate of drug-likeness (QED) is 0.882. The Labute approximate surface area is 156 Å². The normalized spacial score (nSPS) is 18.2. The number of rotatable bonds is 4. The molecule has 0 spiro atoms. The number of aromatic nitrogens is 1. The highest BCUT2D eigenvalue weighted by Crippen LogP contribution is 2.28. The molecule has 5 nitrogen and oxygen atoms in total. The summed E-state index contributed by atoms with van der Waals surface area (Å²) in [5.74, 6) is 0.315. The third kappa shape index (κ3) is 3.98. The van der Waals surface area contributed by atoms with Gasteiger partial charge in [0.15, 0.2) is 0 Å². The molecule has 2 fully saturated rings. The first-order valence-electron chi connectivity index (χ1n) is 9.91. The van der Waals surface area contributed by atoms with Gasteiger partial charge in [-0.2, -0.15) is 0 Å². The van der Waals surface area contributed by atoms with Gasteiger partial charge < -0.3 is 16.0 Å². The standard InChI is InChI=1S/C19H24N4O.C2H6/c20-18(24)16-10-13-6-4-5-9-17(13)22-19(16)23-11-15(12-23)21-14-7-2-1-3-8-14;1-2/h4-6,9-10,14-15,21H,1-3,7-8,11-12H2,(H2,20,24);1-2H3.